The summed E-state index contributed by atoms with van der Waals surface area (Å²) in [4.78, 5) is 40.5. The number of H-pyrrole nitrogens is 1. The number of aromatic nitrogens is 16. The van der Waals surface area contributed by atoms with E-state index in [9.17, 15) is 13.2 Å². The summed E-state index contributed by atoms with van der Waals surface area (Å²) in [6.45, 7) is 10.1. The fourth-order valence-electron chi connectivity index (χ4n) is 7.74. The lowest BCUT2D eigenvalue weighted by atomic mass is 10.1. The second-order valence-electron chi connectivity index (χ2n) is 19.8. The zero-order chi connectivity index (χ0) is 67.1. The Morgan fingerprint density at radius 2 is 0.796 bits per heavy atom. The van der Waals surface area contributed by atoms with Gasteiger partial charge in [0.15, 0.2) is 0 Å². The molecule has 0 spiro atoms. The molecule has 0 amide bonds. The third-order valence-electron chi connectivity index (χ3n) is 12.7. The smallest absolute Gasteiger partial charge is 0.413 e. The van der Waals surface area contributed by atoms with Gasteiger partial charge in [-0.2, -0.15) is 23.6 Å². The maximum atomic E-state index is 12.4. The van der Waals surface area contributed by atoms with Crippen LogP contribution in [-0.2, 0) is 6.18 Å². The topological polar surface area (TPSA) is 320 Å². The quantitative estimate of drug-likeness (QED) is 0.0410. The number of hydrogen-bond acceptors (Lipinski definition) is 22. The second-order valence-corrected chi connectivity index (χ2v) is 22.0. The van der Waals surface area contributed by atoms with Crippen molar-refractivity contribution in [1.82, 2.24) is 80.7 Å². The molecule has 0 saturated heterocycles. The molecule has 7 aromatic heterocycles. The third-order valence-corrected chi connectivity index (χ3v) is 13.7. The minimum atomic E-state index is -4.68. The molecule has 5 unspecified atom stereocenters. The molecular weight excluding hydrogens is 1520 g/mol. The van der Waals surface area contributed by atoms with E-state index in [1.807, 2.05) is 154 Å². The number of nitriles is 1. The summed E-state index contributed by atoms with van der Waals surface area (Å²) in [7, 11) is 0. The molecule has 98 heavy (non-hydrogen) atoms. The number of tetrazole rings is 1. The van der Waals surface area contributed by atoms with Crippen LogP contribution in [0.1, 0.15) is 128 Å². The van der Waals surface area contributed by atoms with E-state index >= 15 is 0 Å². The van der Waals surface area contributed by atoms with Gasteiger partial charge in [-0.15, -0.1) is 44.4 Å². The van der Waals surface area contributed by atoms with Gasteiger partial charge in [-0.05, 0) is 111 Å². The Balaban J connectivity index is 0.000000412. The van der Waals surface area contributed by atoms with Gasteiger partial charge in [-0.1, -0.05) is 174 Å². The Kier molecular flexibility index (Phi) is 36.4. The standard InChI is InChI=1S/C15H12F3N5O.C13H13N7.C13H12N4.C12H12BrN3.C8H11N.C4H2BrClN2.3CH4.HI.H2/c1-9(10-5-3-2-4-6-10)21-14-19-7-11(8-20-14)12-22-23-13(24-12)15(16,17)18;1-9(10-5-3-2-4-6-10)16-13-14-7-11(8-15-13)12-17-19-20-18-12;1-10(12-5-3-2-4-6-12)17-13-15-8-11(7-14)9-16-13;1-9(10-5-3-2-4-6-10)16-12-14-7-11(13)8-15-12;1-7(9)8-5-3-2-4-6-8;5-3-1-7-4(6)8-2-3;;;;;/h2-9H,1H3,(H,19,20,21);2-9H,1H3,(H,14,15,16)(H,17,18,19,20);2-6,8-10H,1H3,(H,15,16,17);2-9H,1H3,(H,14,15,16);2-7H,9H2,1H3;1-2H;3*1H4;2*1H. The SMILES string of the molecule is C.C.C.CC(N)c1ccccc1.CC(Nc1ncc(-c2nn[nH]n2)cn1)c1ccccc1.CC(Nc1ncc(-c2nnc(C(F)(F)F)o2)cn1)c1ccccc1.CC(Nc1ncc(Br)cn1)c1ccccc1.CC(Nc1ncc(C#N)cn1)c1ccccc1.Clc1ncc(Br)cn1.I.[HH]. The average Bonchev–Trinajstić information content (AvgIpc) is 1.52. The molecule has 30 heteroatoms. The zero-order valence-corrected chi connectivity index (χ0v) is 57.7. The maximum Gasteiger partial charge on any atom is 0.470 e. The van der Waals surface area contributed by atoms with Gasteiger partial charge >= 0.3 is 12.1 Å². The van der Waals surface area contributed by atoms with Crippen LogP contribution in [0.15, 0.2) is 227 Å². The molecule has 12 aromatic rings. The number of rotatable bonds is 15. The second kappa shape index (κ2) is 43.3. The maximum absolute atomic E-state index is 12.4. The van der Waals surface area contributed by atoms with Crippen LogP contribution < -0.4 is 27.0 Å². The zero-order valence-electron chi connectivity index (χ0n) is 51.4. The average molecular weight is 1600 g/mol. The molecule has 0 fully saturated rings. The van der Waals surface area contributed by atoms with Crippen molar-refractivity contribution in [2.45, 2.75) is 93.3 Å². The summed E-state index contributed by atoms with van der Waals surface area (Å²) in [5, 5.41) is 41.6. The van der Waals surface area contributed by atoms with E-state index < -0.39 is 12.1 Å². The first-order valence-corrected chi connectivity index (χ1v) is 30.5. The van der Waals surface area contributed by atoms with E-state index in [0.717, 1.165) is 20.1 Å². The summed E-state index contributed by atoms with van der Waals surface area (Å²) in [5.41, 5.74) is 12.8. The van der Waals surface area contributed by atoms with Crippen molar-refractivity contribution in [3.05, 3.63) is 267 Å². The molecule has 514 valence electrons. The monoisotopic (exact) mass is 1590 g/mol. The van der Waals surface area contributed by atoms with Crippen molar-refractivity contribution >= 4 is 91.2 Å². The summed E-state index contributed by atoms with van der Waals surface area (Å²) in [6.07, 6.45) is 10.9. The summed E-state index contributed by atoms with van der Waals surface area (Å²) in [6, 6.07) is 52.7. The molecule has 0 aliphatic heterocycles. The molecule has 0 saturated carbocycles. The number of halogens is 7. The predicted molar refractivity (Wildman–Crippen MR) is 397 cm³/mol. The molecule has 5 atom stereocenters. The van der Waals surface area contributed by atoms with Gasteiger partial charge in [0.1, 0.15) is 6.07 Å². The first-order valence-electron chi connectivity index (χ1n) is 28.6. The molecular formula is C68H77Br2ClF3IN22O. The van der Waals surface area contributed by atoms with Crippen LogP contribution >= 0.6 is 67.4 Å². The van der Waals surface area contributed by atoms with Crippen LogP contribution in [0.5, 0.6) is 0 Å². The first kappa shape index (κ1) is 82.4. The van der Waals surface area contributed by atoms with Crippen molar-refractivity contribution in [2.75, 3.05) is 21.3 Å². The van der Waals surface area contributed by atoms with E-state index in [4.69, 9.17) is 22.6 Å². The fourth-order valence-corrected chi connectivity index (χ4v) is 8.25. The molecule has 0 aliphatic rings. The summed E-state index contributed by atoms with van der Waals surface area (Å²) >= 11 is 11.8. The molecule has 0 radical (unpaired) electrons. The van der Waals surface area contributed by atoms with Gasteiger partial charge in [0.05, 0.1) is 62.2 Å². The highest BCUT2D eigenvalue weighted by atomic mass is 127. The minimum absolute atomic E-state index is 0. The number of nitrogens with two attached hydrogens (primary N) is 1. The largest absolute Gasteiger partial charge is 0.470 e. The molecule has 12 rings (SSSR count). The van der Waals surface area contributed by atoms with Crippen molar-refractivity contribution in [2.24, 2.45) is 5.73 Å². The van der Waals surface area contributed by atoms with Crippen molar-refractivity contribution in [3.63, 3.8) is 0 Å². The molecule has 23 nitrogen and oxygen atoms in total. The molecule has 7 N–H and O–H groups in total. The lowest BCUT2D eigenvalue weighted by Gasteiger charge is -2.13. The number of aromatic amines is 1. The predicted octanol–water partition coefficient (Wildman–Crippen LogP) is 17.9. The molecule has 5 aromatic carbocycles. The van der Waals surface area contributed by atoms with E-state index in [1.165, 1.54) is 47.0 Å². The van der Waals surface area contributed by atoms with Crippen molar-refractivity contribution < 1.29 is 19.0 Å². The summed E-state index contributed by atoms with van der Waals surface area (Å²) < 4.78 is 43.6. The van der Waals surface area contributed by atoms with Crippen LogP contribution in [-0.4, -0.2) is 80.7 Å². The van der Waals surface area contributed by atoms with E-state index in [1.54, 1.807) is 37.2 Å². The third kappa shape index (κ3) is 28.4. The molecule has 7 heterocycles. The normalized spacial score (nSPS) is 11.5. The van der Waals surface area contributed by atoms with Gasteiger partial charge < -0.3 is 31.4 Å². The Hall–Kier alpha value is -9.87. The molecule has 0 bridgehead atoms. The van der Waals surface area contributed by atoms with Gasteiger partial charge in [0.25, 0.3) is 5.89 Å². The fraction of sp³-hybridized carbons (Fsp3) is 0.206. The van der Waals surface area contributed by atoms with Gasteiger partial charge in [0, 0.05) is 57.0 Å². The van der Waals surface area contributed by atoms with E-state index in [0.29, 0.717) is 35.2 Å². The van der Waals surface area contributed by atoms with Crippen LogP contribution in [0.2, 0.25) is 5.28 Å². The highest BCUT2D eigenvalue weighted by Gasteiger charge is 2.38. The number of benzene rings is 5. The van der Waals surface area contributed by atoms with Crippen LogP contribution in [0.25, 0.3) is 22.8 Å². The van der Waals surface area contributed by atoms with Crippen molar-refractivity contribution in [3.8, 4) is 28.9 Å². The van der Waals surface area contributed by atoms with E-state index in [2.05, 4.69) is 176 Å². The minimum Gasteiger partial charge on any atom is -0.413 e. The number of hydrogen-bond donors (Lipinski definition) is 6. The molecule has 0 aliphatic carbocycles. The Morgan fingerprint density at radius 1 is 0.480 bits per heavy atom. The Labute approximate surface area is 608 Å². The Bertz CT molecular complexity index is 4080. The Morgan fingerprint density at radius 3 is 1.08 bits per heavy atom. The lowest BCUT2D eigenvalue weighted by Crippen LogP contribution is -2.09. The highest BCUT2D eigenvalue weighted by Crippen LogP contribution is 2.30. The van der Waals surface area contributed by atoms with Gasteiger partial charge in [0.2, 0.25) is 34.9 Å². The van der Waals surface area contributed by atoms with E-state index in [-0.39, 0.29) is 94.6 Å². The number of nitrogens with one attached hydrogen (secondary N) is 5. The van der Waals surface area contributed by atoms with Gasteiger partial charge in [-0.25, -0.2) is 49.8 Å². The van der Waals surface area contributed by atoms with Gasteiger partial charge in [-0.3, -0.25) is 0 Å². The summed E-state index contributed by atoms with van der Waals surface area (Å²) in [5.74, 6) is 0.856. The van der Waals surface area contributed by atoms with Crippen molar-refractivity contribution in [1.29, 1.82) is 5.26 Å². The highest BCUT2D eigenvalue weighted by molar-refractivity contribution is 14.0. The van der Waals surface area contributed by atoms with Crippen LogP contribution in [0.4, 0.5) is 37.0 Å². The van der Waals surface area contributed by atoms with Crippen LogP contribution in [0.3, 0.4) is 0 Å². The number of alkyl halides is 3. The lowest BCUT2D eigenvalue weighted by molar-refractivity contribution is -0.156. The van der Waals surface area contributed by atoms with Crippen LogP contribution in [0, 0.1) is 11.3 Å². The number of nitrogens with zero attached hydrogens (tertiary/aromatic N) is 16. The first-order chi connectivity index (χ1) is 45.4. The number of anilines is 4.